The molecule has 0 atom stereocenters. The van der Waals surface area contributed by atoms with Crippen LogP contribution in [-0.2, 0) is 9.47 Å². The Labute approximate surface area is 154 Å². The van der Waals surface area contributed by atoms with E-state index in [0.29, 0.717) is 38.1 Å². The maximum atomic E-state index is 8.87. The van der Waals surface area contributed by atoms with Crippen molar-refractivity contribution >= 4 is 0 Å². The Morgan fingerprint density at radius 3 is 1.58 bits per heavy atom. The molecule has 4 saturated carbocycles. The molecule has 0 spiro atoms. The molecule has 8 heteroatoms. The average Bonchev–Trinajstić information content (AvgIpc) is 2.52. The lowest BCUT2D eigenvalue weighted by Gasteiger charge is -2.61. The molecule has 4 aliphatic rings. The predicted molar refractivity (Wildman–Crippen MR) is 94.2 cm³/mol. The van der Waals surface area contributed by atoms with Crippen molar-refractivity contribution in [3.63, 3.8) is 0 Å². The second-order valence-electron chi connectivity index (χ2n) is 8.39. The van der Waals surface area contributed by atoms with Crippen LogP contribution < -0.4 is 10.6 Å². The fourth-order valence-electron chi connectivity index (χ4n) is 5.58. The minimum absolute atomic E-state index is 0.0989. The molecule has 0 aromatic heterocycles. The highest BCUT2D eigenvalue weighted by Gasteiger charge is 2.59. The first kappa shape index (κ1) is 20.4. The highest BCUT2D eigenvalue weighted by atomic mass is 16.5. The fraction of sp³-hybridized carbons (Fsp3) is 1.00. The van der Waals surface area contributed by atoms with E-state index in [1.807, 2.05) is 0 Å². The lowest BCUT2D eigenvalue weighted by Crippen LogP contribution is -2.61. The van der Waals surface area contributed by atoms with E-state index in [2.05, 4.69) is 10.6 Å². The zero-order valence-corrected chi connectivity index (χ0v) is 15.4. The summed E-state index contributed by atoms with van der Waals surface area (Å²) in [5.41, 5.74) is -0.198. The third kappa shape index (κ3) is 5.36. The van der Waals surface area contributed by atoms with Gasteiger partial charge >= 0.3 is 0 Å². The lowest BCUT2D eigenvalue weighted by molar-refractivity contribution is -0.236. The van der Waals surface area contributed by atoms with E-state index >= 15 is 0 Å². The van der Waals surface area contributed by atoms with Crippen LogP contribution in [0.15, 0.2) is 0 Å². The van der Waals surface area contributed by atoms with Gasteiger partial charge in [-0.3, -0.25) is 0 Å². The Kier molecular flexibility index (Phi) is 6.90. The summed E-state index contributed by atoms with van der Waals surface area (Å²) in [5, 5.41) is 41.4. The van der Waals surface area contributed by atoms with Crippen molar-refractivity contribution in [1.82, 2.24) is 10.6 Å². The lowest BCUT2D eigenvalue weighted by atomic mass is 9.52. The molecule has 26 heavy (non-hydrogen) atoms. The van der Waals surface area contributed by atoms with Crippen molar-refractivity contribution in [2.24, 2.45) is 11.8 Å². The van der Waals surface area contributed by atoms with Gasteiger partial charge in [0.05, 0.1) is 24.4 Å². The molecular formula is C18H34N2O6. The summed E-state index contributed by atoms with van der Waals surface area (Å²) >= 11 is 0. The normalized spacial score (nSPS) is 35.8. The van der Waals surface area contributed by atoms with Gasteiger partial charge in [-0.1, -0.05) is 0 Å². The van der Waals surface area contributed by atoms with E-state index < -0.39 is 12.6 Å². The Balaban J connectivity index is 1.46. The van der Waals surface area contributed by atoms with Gasteiger partial charge in [0.2, 0.25) is 0 Å². The van der Waals surface area contributed by atoms with Crippen LogP contribution in [0.3, 0.4) is 0 Å². The van der Waals surface area contributed by atoms with Crippen LogP contribution in [0.2, 0.25) is 0 Å². The molecule has 0 unspecified atom stereocenters. The van der Waals surface area contributed by atoms with Gasteiger partial charge in [0, 0.05) is 32.6 Å². The Morgan fingerprint density at radius 2 is 1.19 bits per heavy atom. The molecule has 0 aromatic carbocycles. The van der Waals surface area contributed by atoms with Crippen LogP contribution in [0.5, 0.6) is 0 Å². The van der Waals surface area contributed by atoms with E-state index in [4.69, 9.17) is 29.9 Å². The number of hydrogen-bond acceptors (Lipinski definition) is 8. The van der Waals surface area contributed by atoms with Crippen molar-refractivity contribution < 1.29 is 29.9 Å². The van der Waals surface area contributed by atoms with Crippen LogP contribution in [0, 0.1) is 11.8 Å². The quantitative estimate of drug-likeness (QED) is 0.188. The van der Waals surface area contributed by atoms with Crippen LogP contribution >= 0.6 is 0 Å². The summed E-state index contributed by atoms with van der Waals surface area (Å²) in [6, 6.07) is 0. The Bertz CT molecular complexity index is 397. The molecule has 0 amide bonds. The zero-order valence-electron chi connectivity index (χ0n) is 15.4. The summed E-state index contributed by atoms with van der Waals surface area (Å²) in [7, 11) is 0. The van der Waals surface area contributed by atoms with Crippen LogP contribution in [-0.4, -0.2) is 83.6 Å². The highest BCUT2D eigenvalue weighted by molar-refractivity contribution is 5.10. The van der Waals surface area contributed by atoms with Gasteiger partial charge in [0.1, 0.15) is 0 Å². The van der Waals surface area contributed by atoms with Crippen molar-refractivity contribution in [3.05, 3.63) is 0 Å². The Hall–Kier alpha value is -0.320. The molecule has 4 aliphatic carbocycles. The van der Waals surface area contributed by atoms with Crippen molar-refractivity contribution in [2.45, 2.75) is 62.3 Å². The number of aliphatic hydroxyl groups is 4. The number of nitrogens with one attached hydrogen (secondary N) is 2. The van der Waals surface area contributed by atoms with Gasteiger partial charge in [-0.15, -0.1) is 0 Å². The molecule has 152 valence electrons. The number of ether oxygens (including phenoxy) is 2. The predicted octanol–water partition coefficient (Wildman–Crippen LogP) is -1.09. The van der Waals surface area contributed by atoms with E-state index in [1.165, 1.54) is 6.42 Å². The average molecular weight is 374 g/mol. The summed E-state index contributed by atoms with van der Waals surface area (Å²) < 4.78 is 12.6. The molecule has 0 radical (unpaired) electrons. The molecule has 0 saturated heterocycles. The van der Waals surface area contributed by atoms with Crippen molar-refractivity contribution in [1.29, 1.82) is 0 Å². The third-order valence-corrected chi connectivity index (χ3v) is 5.98. The molecular weight excluding hydrogens is 340 g/mol. The summed E-state index contributed by atoms with van der Waals surface area (Å²) in [6.45, 7) is 2.66. The smallest absolute Gasteiger partial charge is 0.164 e. The monoisotopic (exact) mass is 374 g/mol. The minimum atomic E-state index is -1.33. The van der Waals surface area contributed by atoms with Crippen LogP contribution in [0.4, 0.5) is 0 Å². The van der Waals surface area contributed by atoms with Crippen LogP contribution in [0.25, 0.3) is 0 Å². The van der Waals surface area contributed by atoms with E-state index in [9.17, 15) is 0 Å². The molecule has 0 aliphatic heterocycles. The van der Waals surface area contributed by atoms with E-state index in [1.54, 1.807) is 0 Å². The molecule has 4 rings (SSSR count). The second kappa shape index (κ2) is 8.79. The van der Waals surface area contributed by atoms with Gasteiger partial charge in [0.25, 0.3) is 0 Å². The first-order chi connectivity index (χ1) is 12.4. The van der Waals surface area contributed by atoms with Crippen molar-refractivity contribution in [3.8, 4) is 0 Å². The topological polar surface area (TPSA) is 123 Å². The van der Waals surface area contributed by atoms with Crippen LogP contribution in [0.1, 0.15) is 38.5 Å². The fourth-order valence-corrected chi connectivity index (χ4v) is 5.58. The standard InChI is InChI=1S/C18H34N2O6/c21-15(22)10-19-1-3-25-17-6-13-5-14(7-17)9-18(8-13,12-17)26-4-2-20-11-16(23)24/h13-16,19-24H,1-12H2. The SMILES string of the molecule is OC(O)CNCCOC12CC3CC(C1)CC(OCCNCC(O)O)(C3)C2. The highest BCUT2D eigenvalue weighted by Crippen LogP contribution is 2.60. The summed E-state index contributed by atoms with van der Waals surface area (Å²) in [4.78, 5) is 0. The third-order valence-electron chi connectivity index (χ3n) is 5.98. The second-order valence-corrected chi connectivity index (χ2v) is 8.39. The minimum Gasteiger partial charge on any atom is -0.374 e. The molecule has 8 nitrogen and oxygen atoms in total. The van der Waals surface area contributed by atoms with Gasteiger partial charge in [0.15, 0.2) is 12.6 Å². The van der Waals surface area contributed by atoms with Gasteiger partial charge < -0.3 is 40.5 Å². The molecule has 4 bridgehead atoms. The summed E-state index contributed by atoms with van der Waals surface area (Å²) in [5.74, 6) is 1.33. The van der Waals surface area contributed by atoms with Crippen molar-refractivity contribution in [2.75, 3.05) is 39.4 Å². The number of aliphatic hydroxyl groups excluding tert-OH is 2. The number of rotatable bonds is 12. The van der Waals surface area contributed by atoms with Gasteiger partial charge in [-0.05, 0) is 43.9 Å². The van der Waals surface area contributed by atoms with E-state index in [0.717, 1.165) is 32.1 Å². The zero-order chi connectivity index (χ0) is 18.6. The summed E-state index contributed by atoms with van der Waals surface area (Å²) in [6.07, 6.45) is 3.97. The molecule has 0 heterocycles. The maximum Gasteiger partial charge on any atom is 0.164 e. The van der Waals surface area contributed by atoms with Gasteiger partial charge in [-0.25, -0.2) is 0 Å². The molecule has 6 N–H and O–H groups in total. The first-order valence-electron chi connectivity index (χ1n) is 9.82. The van der Waals surface area contributed by atoms with E-state index in [-0.39, 0.29) is 24.3 Å². The number of hydrogen-bond donors (Lipinski definition) is 6. The van der Waals surface area contributed by atoms with Gasteiger partial charge in [-0.2, -0.15) is 0 Å². The largest absolute Gasteiger partial charge is 0.374 e. The Morgan fingerprint density at radius 1 is 0.769 bits per heavy atom. The first-order valence-corrected chi connectivity index (χ1v) is 9.82. The molecule has 4 fully saturated rings. The molecule has 0 aromatic rings. The maximum absolute atomic E-state index is 8.87.